The van der Waals surface area contributed by atoms with Gasteiger partial charge in [-0.1, -0.05) is 11.6 Å². The van der Waals surface area contributed by atoms with E-state index in [0.29, 0.717) is 10.9 Å². The van der Waals surface area contributed by atoms with Crippen LogP contribution in [0.25, 0.3) is 0 Å². The van der Waals surface area contributed by atoms with Crippen molar-refractivity contribution < 1.29 is 14.7 Å². The third-order valence-corrected chi connectivity index (χ3v) is 4.79. The van der Waals surface area contributed by atoms with Crippen molar-refractivity contribution >= 4 is 34.9 Å². The lowest BCUT2D eigenvalue weighted by atomic mass is 9.96. The number of urea groups is 1. The lowest BCUT2D eigenvalue weighted by Crippen LogP contribution is -2.56. The van der Waals surface area contributed by atoms with E-state index in [1.54, 1.807) is 20.0 Å². The highest BCUT2D eigenvalue weighted by Gasteiger charge is 2.48. The molecule has 0 bridgehead atoms. The molecule has 7 heteroatoms. The van der Waals surface area contributed by atoms with Gasteiger partial charge in [0.25, 0.3) is 0 Å². The smallest absolute Gasteiger partial charge is 0.329 e. The van der Waals surface area contributed by atoms with Gasteiger partial charge < -0.3 is 15.3 Å². The molecule has 5 nitrogen and oxygen atoms in total. The summed E-state index contributed by atoms with van der Waals surface area (Å²) < 4.78 is 0.669. The summed E-state index contributed by atoms with van der Waals surface area (Å²) in [6, 6.07) is 3.25. The van der Waals surface area contributed by atoms with E-state index in [4.69, 9.17) is 11.6 Å². The van der Waals surface area contributed by atoms with Crippen LogP contribution in [0.1, 0.15) is 24.6 Å². The van der Waals surface area contributed by atoms with Crippen LogP contribution in [0.2, 0.25) is 4.34 Å². The number of halogens is 1. The van der Waals surface area contributed by atoms with Crippen molar-refractivity contribution in [2.45, 2.75) is 31.8 Å². The van der Waals surface area contributed by atoms with Crippen LogP contribution < -0.4 is 5.32 Å². The van der Waals surface area contributed by atoms with Gasteiger partial charge in [-0.15, -0.1) is 11.3 Å². The normalized spacial score (nSPS) is 17.4. The summed E-state index contributed by atoms with van der Waals surface area (Å²) in [7, 11) is 1.64. The Balaban J connectivity index is 1.98. The number of nitrogens with zero attached hydrogens (tertiary/aromatic N) is 1. The minimum atomic E-state index is -1.18. The average Bonchev–Trinajstić information content (AvgIpc) is 3.14. The molecule has 0 aliphatic heterocycles. The molecule has 1 aliphatic carbocycles. The van der Waals surface area contributed by atoms with Crippen LogP contribution in [-0.4, -0.2) is 34.6 Å². The van der Waals surface area contributed by atoms with E-state index < -0.39 is 11.5 Å². The van der Waals surface area contributed by atoms with Crippen molar-refractivity contribution in [3.05, 3.63) is 21.3 Å². The maximum atomic E-state index is 12.1. The molecule has 1 heterocycles. The molecule has 1 aromatic rings. The summed E-state index contributed by atoms with van der Waals surface area (Å²) in [5.41, 5.74) is -1.18. The van der Waals surface area contributed by atoms with Crippen LogP contribution in [0.3, 0.4) is 0 Å². The predicted octanol–water partition coefficient (Wildman–Crippen LogP) is 2.80. The second-order valence-corrected chi connectivity index (χ2v) is 7.07. The van der Waals surface area contributed by atoms with Crippen molar-refractivity contribution in [3.8, 4) is 0 Å². The van der Waals surface area contributed by atoms with Gasteiger partial charge in [0.1, 0.15) is 5.54 Å². The Kier molecular flexibility index (Phi) is 4.25. The maximum absolute atomic E-state index is 12.1. The van der Waals surface area contributed by atoms with Gasteiger partial charge >= 0.3 is 12.0 Å². The van der Waals surface area contributed by atoms with Crippen LogP contribution in [0.4, 0.5) is 4.79 Å². The number of carbonyl (C=O) groups is 2. The van der Waals surface area contributed by atoms with Gasteiger partial charge in [-0.05, 0) is 37.8 Å². The summed E-state index contributed by atoms with van der Waals surface area (Å²) in [6.07, 6.45) is 1.68. The van der Waals surface area contributed by atoms with Gasteiger partial charge in [0, 0.05) is 11.9 Å². The first-order chi connectivity index (χ1) is 9.33. The van der Waals surface area contributed by atoms with E-state index in [-0.39, 0.29) is 11.9 Å². The quantitative estimate of drug-likeness (QED) is 0.877. The van der Waals surface area contributed by atoms with E-state index in [2.05, 4.69) is 5.32 Å². The van der Waals surface area contributed by atoms with Crippen LogP contribution >= 0.6 is 22.9 Å². The van der Waals surface area contributed by atoms with Gasteiger partial charge in [0.2, 0.25) is 0 Å². The molecular weight excluding hydrogens is 300 g/mol. The van der Waals surface area contributed by atoms with Gasteiger partial charge in [-0.3, -0.25) is 0 Å². The number of nitrogens with one attached hydrogen (secondary N) is 1. The van der Waals surface area contributed by atoms with Crippen molar-refractivity contribution in [1.82, 2.24) is 10.2 Å². The van der Waals surface area contributed by atoms with Crippen LogP contribution in [0, 0.1) is 5.92 Å². The van der Waals surface area contributed by atoms with Crippen LogP contribution in [0.15, 0.2) is 12.1 Å². The predicted molar refractivity (Wildman–Crippen MR) is 78.1 cm³/mol. The molecular formula is C13H17ClN2O3S. The molecule has 1 atom stereocenters. The summed E-state index contributed by atoms with van der Waals surface area (Å²) in [5, 5.41) is 12.0. The first-order valence-corrected chi connectivity index (χ1v) is 7.53. The Bertz CT molecular complexity index is 529. The van der Waals surface area contributed by atoms with E-state index in [0.717, 1.165) is 17.7 Å². The molecule has 0 saturated heterocycles. The molecule has 0 radical (unpaired) electrons. The third-order valence-electron chi connectivity index (χ3n) is 3.57. The highest BCUT2D eigenvalue weighted by Crippen LogP contribution is 2.39. The Labute approximate surface area is 126 Å². The standard InChI is InChI=1S/C13H17ClN2O3S/c1-13(11(17)18,8-3-4-8)15-12(19)16(2)7-9-5-6-10(14)20-9/h5-6,8H,3-4,7H2,1-2H3,(H,15,19)(H,17,18). The number of thiophene rings is 1. The summed E-state index contributed by atoms with van der Waals surface area (Å²) in [5.74, 6) is -0.963. The van der Waals surface area contributed by atoms with Crippen molar-refractivity contribution in [3.63, 3.8) is 0 Å². The zero-order valence-electron chi connectivity index (χ0n) is 11.4. The minimum absolute atomic E-state index is 0.0218. The highest BCUT2D eigenvalue weighted by molar-refractivity contribution is 7.16. The van der Waals surface area contributed by atoms with Gasteiger partial charge in [-0.2, -0.15) is 0 Å². The lowest BCUT2D eigenvalue weighted by Gasteiger charge is -2.29. The van der Waals surface area contributed by atoms with Crippen molar-refractivity contribution in [1.29, 1.82) is 0 Å². The Morgan fingerprint density at radius 3 is 2.65 bits per heavy atom. The monoisotopic (exact) mass is 316 g/mol. The molecule has 2 N–H and O–H groups in total. The second kappa shape index (κ2) is 5.61. The fraction of sp³-hybridized carbons (Fsp3) is 0.538. The average molecular weight is 317 g/mol. The molecule has 1 fully saturated rings. The fourth-order valence-corrected chi connectivity index (χ4v) is 3.19. The zero-order chi connectivity index (χ0) is 14.9. The van der Waals surface area contributed by atoms with Crippen molar-refractivity contribution in [2.24, 2.45) is 5.92 Å². The molecule has 2 rings (SSSR count). The SMILES string of the molecule is CN(Cc1ccc(Cl)s1)C(=O)NC(C)(C(=O)O)C1CC1. The molecule has 2 amide bonds. The van der Waals surface area contributed by atoms with Crippen molar-refractivity contribution in [2.75, 3.05) is 7.05 Å². The van der Waals surface area contributed by atoms with E-state index >= 15 is 0 Å². The number of hydrogen-bond acceptors (Lipinski definition) is 3. The minimum Gasteiger partial charge on any atom is -0.480 e. The number of aliphatic carboxylic acids is 1. The molecule has 1 aromatic heterocycles. The Morgan fingerprint density at radius 1 is 1.55 bits per heavy atom. The maximum Gasteiger partial charge on any atom is 0.329 e. The van der Waals surface area contributed by atoms with Gasteiger partial charge in [0.05, 0.1) is 10.9 Å². The van der Waals surface area contributed by atoms with Crippen LogP contribution in [-0.2, 0) is 11.3 Å². The number of hydrogen-bond donors (Lipinski definition) is 2. The first-order valence-electron chi connectivity index (χ1n) is 6.34. The van der Waals surface area contributed by atoms with E-state index in [9.17, 15) is 14.7 Å². The molecule has 110 valence electrons. The Morgan fingerprint density at radius 2 is 2.20 bits per heavy atom. The molecule has 1 saturated carbocycles. The fourth-order valence-electron chi connectivity index (χ4n) is 2.05. The number of carboxylic acids is 1. The van der Waals surface area contributed by atoms with Crippen LogP contribution in [0.5, 0.6) is 0 Å². The number of amides is 2. The third kappa shape index (κ3) is 3.24. The topological polar surface area (TPSA) is 69.6 Å². The summed E-state index contributed by atoms with van der Waals surface area (Å²) in [4.78, 5) is 25.9. The highest BCUT2D eigenvalue weighted by atomic mass is 35.5. The summed E-state index contributed by atoms with van der Waals surface area (Å²) >= 11 is 7.25. The first kappa shape index (κ1) is 15.1. The van der Waals surface area contributed by atoms with Gasteiger partial charge in [0.15, 0.2) is 0 Å². The van der Waals surface area contributed by atoms with Gasteiger partial charge in [-0.25, -0.2) is 9.59 Å². The lowest BCUT2D eigenvalue weighted by molar-refractivity contribution is -0.144. The number of rotatable bonds is 5. The van der Waals surface area contributed by atoms with E-state index in [1.165, 1.54) is 16.2 Å². The largest absolute Gasteiger partial charge is 0.480 e. The molecule has 20 heavy (non-hydrogen) atoms. The molecule has 0 spiro atoms. The number of carbonyl (C=O) groups excluding carboxylic acids is 1. The molecule has 1 aliphatic rings. The molecule has 1 unspecified atom stereocenters. The number of carboxylic acid groups (broad SMARTS) is 1. The molecule has 0 aromatic carbocycles. The Hall–Kier alpha value is -1.27. The second-order valence-electron chi connectivity index (χ2n) is 5.27. The van der Waals surface area contributed by atoms with E-state index in [1.807, 2.05) is 6.07 Å². The summed E-state index contributed by atoms with van der Waals surface area (Å²) in [6.45, 7) is 1.98. The zero-order valence-corrected chi connectivity index (χ0v) is 12.9.